The number of nitrogens with zero attached hydrogens (tertiary/aromatic N) is 1. The van der Waals surface area contributed by atoms with Crippen LogP contribution in [0.2, 0.25) is 0 Å². The van der Waals surface area contributed by atoms with Crippen LogP contribution in [0.25, 0.3) is 10.8 Å². The Morgan fingerprint density at radius 3 is 2.50 bits per heavy atom. The van der Waals surface area contributed by atoms with Gasteiger partial charge < -0.3 is 14.4 Å². The molecule has 0 unspecified atom stereocenters. The van der Waals surface area contributed by atoms with Crippen molar-refractivity contribution in [3.63, 3.8) is 0 Å². The van der Waals surface area contributed by atoms with Gasteiger partial charge in [-0.15, -0.1) is 0 Å². The molecule has 30 heavy (non-hydrogen) atoms. The SMILES string of the molecule is CCOc1ccc(C(=O)N2CCC(C)CC2)cc1COc1ccc2ccccc2c1. The van der Waals surface area contributed by atoms with Gasteiger partial charge in [-0.05, 0) is 66.8 Å². The summed E-state index contributed by atoms with van der Waals surface area (Å²) >= 11 is 0. The Morgan fingerprint density at radius 2 is 1.73 bits per heavy atom. The van der Waals surface area contributed by atoms with Crippen molar-refractivity contribution in [3.05, 3.63) is 71.8 Å². The summed E-state index contributed by atoms with van der Waals surface area (Å²) in [5, 5.41) is 2.33. The maximum atomic E-state index is 13.0. The lowest BCUT2D eigenvalue weighted by atomic mass is 9.98. The Kier molecular flexibility index (Phi) is 6.22. The van der Waals surface area contributed by atoms with E-state index in [4.69, 9.17) is 9.47 Å². The molecule has 1 amide bonds. The van der Waals surface area contributed by atoms with Crippen LogP contribution in [0.3, 0.4) is 0 Å². The van der Waals surface area contributed by atoms with Crippen molar-refractivity contribution >= 4 is 16.7 Å². The quantitative estimate of drug-likeness (QED) is 0.531. The minimum Gasteiger partial charge on any atom is -0.493 e. The van der Waals surface area contributed by atoms with E-state index in [0.717, 1.165) is 48.4 Å². The standard InChI is InChI=1S/C26H29NO3/c1-3-29-25-11-9-22(26(28)27-14-12-19(2)13-15-27)16-23(25)18-30-24-10-8-20-6-4-5-7-21(20)17-24/h4-11,16-17,19H,3,12-15,18H2,1-2H3. The highest BCUT2D eigenvalue weighted by Gasteiger charge is 2.22. The number of hydrogen-bond donors (Lipinski definition) is 0. The molecular weight excluding hydrogens is 374 g/mol. The number of carbonyl (C=O) groups is 1. The highest BCUT2D eigenvalue weighted by molar-refractivity contribution is 5.94. The molecule has 3 aromatic carbocycles. The average Bonchev–Trinajstić information content (AvgIpc) is 2.78. The van der Waals surface area contributed by atoms with Crippen LogP contribution in [0, 0.1) is 5.92 Å². The maximum Gasteiger partial charge on any atom is 0.253 e. The Morgan fingerprint density at radius 1 is 0.967 bits per heavy atom. The number of carbonyl (C=O) groups excluding carboxylic acids is 1. The Balaban J connectivity index is 1.52. The molecule has 0 bridgehead atoms. The number of ether oxygens (including phenoxy) is 2. The molecule has 0 saturated carbocycles. The molecule has 1 aliphatic rings. The van der Waals surface area contributed by atoms with Crippen molar-refractivity contribution in [1.29, 1.82) is 0 Å². The van der Waals surface area contributed by atoms with Crippen LogP contribution in [-0.2, 0) is 6.61 Å². The molecule has 1 heterocycles. The van der Waals surface area contributed by atoms with Crippen LogP contribution in [0.4, 0.5) is 0 Å². The third-order valence-electron chi connectivity index (χ3n) is 5.79. The molecular formula is C26H29NO3. The summed E-state index contributed by atoms with van der Waals surface area (Å²) in [6.07, 6.45) is 2.14. The van der Waals surface area contributed by atoms with Gasteiger partial charge in [0.15, 0.2) is 0 Å². The molecule has 4 nitrogen and oxygen atoms in total. The van der Waals surface area contributed by atoms with Crippen LogP contribution in [0.1, 0.15) is 42.6 Å². The molecule has 0 aliphatic carbocycles. The number of amides is 1. The number of likely N-dealkylation sites (tertiary alicyclic amines) is 1. The lowest BCUT2D eigenvalue weighted by Gasteiger charge is -2.30. The second kappa shape index (κ2) is 9.21. The van der Waals surface area contributed by atoms with E-state index in [9.17, 15) is 4.79 Å². The molecule has 0 aromatic heterocycles. The van der Waals surface area contributed by atoms with E-state index >= 15 is 0 Å². The van der Waals surface area contributed by atoms with Gasteiger partial charge in [0, 0.05) is 24.2 Å². The van der Waals surface area contributed by atoms with Crippen LogP contribution in [0.15, 0.2) is 60.7 Å². The number of fused-ring (bicyclic) bond motifs is 1. The molecule has 1 saturated heterocycles. The van der Waals surface area contributed by atoms with E-state index in [1.807, 2.05) is 54.3 Å². The fraction of sp³-hybridized carbons (Fsp3) is 0.346. The zero-order valence-electron chi connectivity index (χ0n) is 17.8. The normalized spacial score (nSPS) is 14.7. The van der Waals surface area contributed by atoms with Crippen LogP contribution >= 0.6 is 0 Å². The van der Waals surface area contributed by atoms with Crippen molar-refractivity contribution < 1.29 is 14.3 Å². The van der Waals surface area contributed by atoms with Gasteiger partial charge in [-0.25, -0.2) is 0 Å². The minimum atomic E-state index is 0.0944. The smallest absolute Gasteiger partial charge is 0.253 e. The van der Waals surface area contributed by atoms with E-state index in [-0.39, 0.29) is 5.91 Å². The first-order valence-corrected chi connectivity index (χ1v) is 10.8. The number of rotatable bonds is 6. The van der Waals surface area contributed by atoms with Gasteiger partial charge in [-0.2, -0.15) is 0 Å². The van der Waals surface area contributed by atoms with Crippen molar-refractivity contribution in [2.45, 2.75) is 33.3 Å². The summed E-state index contributed by atoms with van der Waals surface area (Å²) in [4.78, 5) is 15.0. The molecule has 4 rings (SSSR count). The summed E-state index contributed by atoms with van der Waals surface area (Å²) in [7, 11) is 0. The van der Waals surface area contributed by atoms with Crippen molar-refractivity contribution in [2.75, 3.05) is 19.7 Å². The molecule has 156 valence electrons. The predicted molar refractivity (Wildman–Crippen MR) is 120 cm³/mol. The van der Waals surface area contributed by atoms with Gasteiger partial charge in [-0.3, -0.25) is 4.79 Å². The molecule has 0 atom stereocenters. The monoisotopic (exact) mass is 403 g/mol. The fourth-order valence-electron chi connectivity index (χ4n) is 3.93. The fourth-order valence-corrected chi connectivity index (χ4v) is 3.93. The van der Waals surface area contributed by atoms with Gasteiger partial charge in [0.1, 0.15) is 18.1 Å². The van der Waals surface area contributed by atoms with Gasteiger partial charge in [0.2, 0.25) is 0 Å². The zero-order valence-corrected chi connectivity index (χ0v) is 17.8. The summed E-state index contributed by atoms with van der Waals surface area (Å²) in [6.45, 7) is 6.79. The van der Waals surface area contributed by atoms with E-state index in [1.165, 1.54) is 5.39 Å². The maximum absolute atomic E-state index is 13.0. The van der Waals surface area contributed by atoms with Crippen molar-refractivity contribution in [1.82, 2.24) is 4.90 Å². The number of benzene rings is 3. The second-order valence-electron chi connectivity index (χ2n) is 8.03. The van der Waals surface area contributed by atoms with E-state index in [1.54, 1.807) is 0 Å². The Bertz CT molecular complexity index is 1020. The van der Waals surface area contributed by atoms with Gasteiger partial charge in [0.05, 0.1) is 6.61 Å². The highest BCUT2D eigenvalue weighted by Crippen LogP contribution is 2.26. The lowest BCUT2D eigenvalue weighted by molar-refractivity contribution is 0.0697. The zero-order chi connectivity index (χ0) is 20.9. The second-order valence-corrected chi connectivity index (χ2v) is 8.03. The topological polar surface area (TPSA) is 38.8 Å². The van der Waals surface area contributed by atoms with Crippen LogP contribution in [-0.4, -0.2) is 30.5 Å². The van der Waals surface area contributed by atoms with Gasteiger partial charge >= 0.3 is 0 Å². The summed E-state index contributed by atoms with van der Waals surface area (Å²) in [5.41, 5.74) is 1.59. The molecule has 1 aliphatic heterocycles. The Labute approximate surface area is 178 Å². The van der Waals surface area contributed by atoms with Crippen LogP contribution < -0.4 is 9.47 Å². The first-order chi connectivity index (χ1) is 14.6. The molecule has 0 radical (unpaired) electrons. The third-order valence-corrected chi connectivity index (χ3v) is 5.79. The van der Waals surface area contributed by atoms with Gasteiger partial charge in [0.25, 0.3) is 5.91 Å². The van der Waals surface area contributed by atoms with E-state index < -0.39 is 0 Å². The van der Waals surface area contributed by atoms with E-state index in [0.29, 0.717) is 24.7 Å². The largest absolute Gasteiger partial charge is 0.493 e. The van der Waals surface area contributed by atoms with Crippen LogP contribution in [0.5, 0.6) is 11.5 Å². The first-order valence-electron chi connectivity index (χ1n) is 10.8. The lowest BCUT2D eigenvalue weighted by Crippen LogP contribution is -2.37. The third kappa shape index (κ3) is 4.59. The van der Waals surface area contributed by atoms with Crippen molar-refractivity contribution in [2.24, 2.45) is 5.92 Å². The summed E-state index contributed by atoms with van der Waals surface area (Å²) in [5.74, 6) is 2.36. The summed E-state index contributed by atoms with van der Waals surface area (Å²) in [6, 6.07) is 20.0. The number of hydrogen-bond acceptors (Lipinski definition) is 3. The molecule has 0 spiro atoms. The molecule has 4 heteroatoms. The molecule has 3 aromatic rings. The predicted octanol–water partition coefficient (Wildman–Crippen LogP) is 5.69. The first kappa shape index (κ1) is 20.3. The summed E-state index contributed by atoms with van der Waals surface area (Å²) < 4.78 is 11.9. The average molecular weight is 404 g/mol. The molecule has 1 fully saturated rings. The highest BCUT2D eigenvalue weighted by atomic mass is 16.5. The van der Waals surface area contributed by atoms with Crippen molar-refractivity contribution in [3.8, 4) is 11.5 Å². The van der Waals surface area contributed by atoms with Gasteiger partial charge in [-0.1, -0.05) is 37.3 Å². The molecule has 0 N–H and O–H groups in total. The number of piperidine rings is 1. The Hall–Kier alpha value is -3.01. The van der Waals surface area contributed by atoms with E-state index in [2.05, 4.69) is 25.1 Å². The minimum absolute atomic E-state index is 0.0944.